The minimum absolute atomic E-state index is 0.355. The van der Waals surface area contributed by atoms with Crippen molar-refractivity contribution < 1.29 is 0 Å². The highest BCUT2D eigenvalue weighted by atomic mass is 32.1. The van der Waals surface area contributed by atoms with Crippen LogP contribution in [0.25, 0.3) is 0 Å². The van der Waals surface area contributed by atoms with E-state index in [9.17, 15) is 0 Å². The molecule has 6 heteroatoms. The number of aryl methyl sites for hydroxylation is 1. The molecule has 0 aliphatic carbocycles. The Kier molecular flexibility index (Phi) is 5.16. The average molecular weight is 301 g/mol. The van der Waals surface area contributed by atoms with Crippen LogP contribution >= 0.6 is 12.2 Å². The van der Waals surface area contributed by atoms with Gasteiger partial charge < -0.3 is 11.1 Å². The molecule has 5 nitrogen and oxygen atoms in total. The van der Waals surface area contributed by atoms with Crippen LogP contribution in [-0.4, -0.2) is 20.2 Å². The summed E-state index contributed by atoms with van der Waals surface area (Å²) in [6, 6.07) is 3.89. The summed E-state index contributed by atoms with van der Waals surface area (Å²) in [5, 5.41) is 11.8. The summed E-state index contributed by atoms with van der Waals surface area (Å²) in [4.78, 5) is 4.35. The molecule has 0 aliphatic rings. The molecular formula is C15H19N5S. The molecule has 0 aliphatic heterocycles. The lowest BCUT2D eigenvalue weighted by molar-refractivity contribution is 0.871. The van der Waals surface area contributed by atoms with Gasteiger partial charge >= 0.3 is 0 Å². The Morgan fingerprint density at radius 1 is 1.19 bits per heavy atom. The normalized spacial score (nSPS) is 10.4. The zero-order chi connectivity index (χ0) is 15.2. The Hall–Kier alpha value is -2.08. The lowest BCUT2D eigenvalue weighted by Crippen LogP contribution is -2.19. The van der Waals surface area contributed by atoms with E-state index in [0.29, 0.717) is 17.4 Å². The Labute approximate surface area is 130 Å². The van der Waals surface area contributed by atoms with Gasteiger partial charge in [0.1, 0.15) is 4.99 Å². The van der Waals surface area contributed by atoms with Crippen molar-refractivity contribution in [1.29, 1.82) is 0 Å². The highest BCUT2D eigenvalue weighted by molar-refractivity contribution is 7.80. The molecule has 110 valence electrons. The van der Waals surface area contributed by atoms with Crippen LogP contribution < -0.4 is 11.1 Å². The fourth-order valence-corrected chi connectivity index (χ4v) is 2.47. The Morgan fingerprint density at radius 3 is 2.48 bits per heavy atom. The van der Waals surface area contributed by atoms with Crippen molar-refractivity contribution in [2.24, 2.45) is 5.73 Å². The van der Waals surface area contributed by atoms with Crippen molar-refractivity contribution in [1.82, 2.24) is 15.2 Å². The third-order valence-corrected chi connectivity index (χ3v) is 3.51. The third-order valence-electron chi connectivity index (χ3n) is 3.30. The first-order valence-electron chi connectivity index (χ1n) is 6.98. The molecule has 0 atom stereocenters. The fraction of sp³-hybridized carbons (Fsp3) is 0.333. The third kappa shape index (κ3) is 3.52. The number of nitrogens with zero attached hydrogens (tertiary/aromatic N) is 3. The maximum Gasteiger partial charge on any atom is 0.159 e. The summed E-state index contributed by atoms with van der Waals surface area (Å²) in [5.41, 5.74) is 9.85. The van der Waals surface area contributed by atoms with Crippen LogP contribution in [0.2, 0.25) is 0 Å². The number of nitrogens with one attached hydrogen (secondary N) is 1. The summed E-state index contributed by atoms with van der Waals surface area (Å²) < 4.78 is 0. The van der Waals surface area contributed by atoms with Crippen LogP contribution in [0.4, 0.5) is 5.82 Å². The van der Waals surface area contributed by atoms with E-state index in [0.717, 1.165) is 35.2 Å². The number of thiocarbonyl (C=S) groups is 1. The van der Waals surface area contributed by atoms with E-state index in [4.69, 9.17) is 18.0 Å². The van der Waals surface area contributed by atoms with Gasteiger partial charge in [0.25, 0.3) is 0 Å². The van der Waals surface area contributed by atoms with Crippen LogP contribution in [0.15, 0.2) is 24.5 Å². The molecule has 0 fully saturated rings. The number of rotatable bonds is 6. The second kappa shape index (κ2) is 7.08. The largest absolute Gasteiger partial charge is 0.389 e. The van der Waals surface area contributed by atoms with E-state index in [1.807, 2.05) is 12.1 Å². The van der Waals surface area contributed by atoms with Crippen LogP contribution in [0.1, 0.15) is 36.2 Å². The van der Waals surface area contributed by atoms with E-state index >= 15 is 0 Å². The zero-order valence-corrected chi connectivity index (χ0v) is 13.1. The van der Waals surface area contributed by atoms with E-state index in [1.54, 1.807) is 12.4 Å². The summed E-state index contributed by atoms with van der Waals surface area (Å²) in [6.07, 6.45) is 5.16. The minimum Gasteiger partial charge on any atom is -0.389 e. The van der Waals surface area contributed by atoms with Crippen molar-refractivity contribution in [3.8, 4) is 0 Å². The van der Waals surface area contributed by atoms with Crippen molar-refractivity contribution >= 4 is 23.0 Å². The molecule has 0 bridgehead atoms. The van der Waals surface area contributed by atoms with Gasteiger partial charge in [-0.25, -0.2) is 0 Å². The topological polar surface area (TPSA) is 76.7 Å². The first kappa shape index (κ1) is 15.3. The van der Waals surface area contributed by atoms with Gasteiger partial charge in [-0.3, -0.25) is 4.98 Å². The predicted octanol–water partition coefficient (Wildman–Crippen LogP) is 2.24. The number of aromatic nitrogens is 3. The van der Waals surface area contributed by atoms with Crippen molar-refractivity contribution in [2.45, 2.75) is 33.2 Å². The number of hydrogen-bond donors (Lipinski definition) is 2. The van der Waals surface area contributed by atoms with Crippen LogP contribution in [0, 0.1) is 0 Å². The molecule has 0 radical (unpaired) electrons. The Balaban J connectivity index is 2.32. The molecule has 0 saturated carbocycles. The van der Waals surface area contributed by atoms with Gasteiger partial charge in [0, 0.05) is 18.9 Å². The quantitative estimate of drug-likeness (QED) is 0.797. The summed E-state index contributed by atoms with van der Waals surface area (Å²) in [6.45, 7) is 4.75. The molecule has 2 rings (SSSR count). The summed E-state index contributed by atoms with van der Waals surface area (Å²) >= 11 is 5.20. The smallest absolute Gasteiger partial charge is 0.159 e. The van der Waals surface area contributed by atoms with Crippen molar-refractivity contribution in [2.75, 3.05) is 5.32 Å². The second-order valence-corrected chi connectivity index (χ2v) is 5.07. The first-order valence-corrected chi connectivity index (χ1v) is 7.39. The molecule has 2 heterocycles. The van der Waals surface area contributed by atoms with Gasteiger partial charge in [-0.05, 0) is 36.1 Å². The van der Waals surface area contributed by atoms with E-state index in [1.165, 1.54) is 0 Å². The SMILES string of the molecule is CCc1nnc(NCc2ccncc2)c(C(N)=S)c1CC. The Morgan fingerprint density at radius 2 is 1.90 bits per heavy atom. The number of pyridine rings is 1. The fourth-order valence-electron chi connectivity index (χ4n) is 2.25. The molecule has 2 aromatic rings. The molecule has 0 amide bonds. The predicted molar refractivity (Wildman–Crippen MR) is 88.2 cm³/mol. The van der Waals surface area contributed by atoms with Gasteiger partial charge in [0.2, 0.25) is 0 Å². The van der Waals surface area contributed by atoms with E-state index < -0.39 is 0 Å². The molecule has 0 spiro atoms. The zero-order valence-electron chi connectivity index (χ0n) is 12.3. The number of anilines is 1. The average Bonchev–Trinajstić information content (AvgIpc) is 2.52. The Bertz CT molecular complexity index is 627. The molecule has 0 saturated heterocycles. The minimum atomic E-state index is 0.355. The molecule has 3 N–H and O–H groups in total. The highest BCUT2D eigenvalue weighted by Crippen LogP contribution is 2.21. The van der Waals surface area contributed by atoms with Crippen LogP contribution in [0.5, 0.6) is 0 Å². The second-order valence-electron chi connectivity index (χ2n) is 4.63. The lowest BCUT2D eigenvalue weighted by atomic mass is 10.0. The number of hydrogen-bond acceptors (Lipinski definition) is 5. The van der Waals surface area contributed by atoms with Crippen molar-refractivity contribution in [3.63, 3.8) is 0 Å². The van der Waals surface area contributed by atoms with Gasteiger partial charge in [-0.2, -0.15) is 5.10 Å². The van der Waals surface area contributed by atoms with Gasteiger partial charge in [-0.1, -0.05) is 26.1 Å². The first-order chi connectivity index (χ1) is 10.2. The van der Waals surface area contributed by atoms with Crippen LogP contribution in [-0.2, 0) is 19.4 Å². The maximum atomic E-state index is 5.90. The monoisotopic (exact) mass is 301 g/mol. The molecule has 21 heavy (non-hydrogen) atoms. The highest BCUT2D eigenvalue weighted by Gasteiger charge is 2.16. The van der Waals surface area contributed by atoms with Crippen molar-refractivity contribution in [3.05, 3.63) is 46.9 Å². The summed E-state index contributed by atoms with van der Waals surface area (Å²) in [7, 11) is 0. The molecule has 0 aromatic carbocycles. The molecular weight excluding hydrogens is 282 g/mol. The molecule has 0 unspecified atom stereocenters. The van der Waals surface area contributed by atoms with Gasteiger partial charge in [-0.15, -0.1) is 5.10 Å². The van der Waals surface area contributed by atoms with E-state index in [-0.39, 0.29) is 0 Å². The standard InChI is InChI=1S/C15H19N5S/c1-3-11-12(4-2)19-20-15(13(11)14(16)21)18-9-10-5-7-17-8-6-10/h5-8H,3-4,9H2,1-2H3,(H2,16,21)(H,18,20). The van der Waals surface area contributed by atoms with Gasteiger partial charge in [0.05, 0.1) is 11.3 Å². The summed E-state index contributed by atoms with van der Waals surface area (Å²) in [5.74, 6) is 0.647. The number of nitrogens with two attached hydrogens (primary N) is 1. The van der Waals surface area contributed by atoms with Crippen LogP contribution in [0.3, 0.4) is 0 Å². The molecule has 2 aromatic heterocycles. The van der Waals surface area contributed by atoms with E-state index in [2.05, 4.69) is 34.3 Å². The van der Waals surface area contributed by atoms with Gasteiger partial charge in [0.15, 0.2) is 5.82 Å². The maximum absolute atomic E-state index is 5.90. The lowest BCUT2D eigenvalue weighted by Gasteiger charge is -2.15.